The highest BCUT2D eigenvalue weighted by Gasteiger charge is 2.36. The van der Waals surface area contributed by atoms with Crippen LogP contribution in [0.2, 0.25) is 0 Å². The Hall–Kier alpha value is -1.10. The zero-order valence-corrected chi connectivity index (χ0v) is 10.3. The van der Waals surface area contributed by atoms with Crippen molar-refractivity contribution in [1.82, 2.24) is 9.80 Å². The van der Waals surface area contributed by atoms with E-state index in [9.17, 15) is 14.7 Å². The Balaban J connectivity index is 1.90. The van der Waals surface area contributed by atoms with Crippen LogP contribution in [0.3, 0.4) is 0 Å². The fourth-order valence-corrected chi connectivity index (χ4v) is 2.59. The van der Waals surface area contributed by atoms with E-state index < -0.39 is 0 Å². The molecule has 0 aromatic heterocycles. The molecule has 0 aliphatic carbocycles. The van der Waals surface area contributed by atoms with Crippen LogP contribution in [0.15, 0.2) is 0 Å². The minimum absolute atomic E-state index is 0.0844. The van der Waals surface area contributed by atoms with Gasteiger partial charge >= 0.3 is 0 Å². The molecule has 2 saturated heterocycles. The van der Waals surface area contributed by atoms with Gasteiger partial charge in [0.1, 0.15) is 0 Å². The van der Waals surface area contributed by atoms with E-state index in [0.29, 0.717) is 45.4 Å². The quantitative estimate of drug-likeness (QED) is 0.729. The van der Waals surface area contributed by atoms with E-state index >= 15 is 0 Å². The van der Waals surface area contributed by atoms with Crippen molar-refractivity contribution in [3.63, 3.8) is 0 Å². The molecule has 0 saturated carbocycles. The second-order valence-corrected chi connectivity index (χ2v) is 4.89. The number of rotatable bonds is 2. The van der Waals surface area contributed by atoms with Gasteiger partial charge < -0.3 is 14.9 Å². The van der Waals surface area contributed by atoms with Gasteiger partial charge in [-0.15, -0.1) is 0 Å². The minimum atomic E-state index is -0.267. The third-order valence-corrected chi connectivity index (χ3v) is 3.72. The Kier molecular flexibility index (Phi) is 3.66. The van der Waals surface area contributed by atoms with Crippen LogP contribution in [0, 0.1) is 5.92 Å². The number of amides is 2. The number of carbonyl (C=O) groups is 2. The van der Waals surface area contributed by atoms with Crippen molar-refractivity contribution in [3.05, 3.63) is 0 Å². The van der Waals surface area contributed by atoms with Crippen molar-refractivity contribution in [2.24, 2.45) is 5.92 Å². The number of likely N-dealkylation sites (tertiary alicyclic amines) is 2. The van der Waals surface area contributed by atoms with Crippen LogP contribution in [0.4, 0.5) is 0 Å². The average molecular weight is 240 g/mol. The van der Waals surface area contributed by atoms with E-state index in [1.165, 1.54) is 0 Å². The molecule has 2 aliphatic heterocycles. The molecule has 96 valence electrons. The van der Waals surface area contributed by atoms with Crippen molar-refractivity contribution in [2.75, 3.05) is 26.2 Å². The Morgan fingerprint density at radius 3 is 2.59 bits per heavy atom. The normalized spacial score (nSPS) is 26.7. The number of aliphatic hydroxyl groups excluding tert-OH is 1. The van der Waals surface area contributed by atoms with Crippen molar-refractivity contribution < 1.29 is 14.7 Å². The Morgan fingerprint density at radius 1 is 1.41 bits per heavy atom. The van der Waals surface area contributed by atoms with Gasteiger partial charge in [-0.2, -0.15) is 0 Å². The first kappa shape index (κ1) is 12.4. The van der Waals surface area contributed by atoms with E-state index in [4.69, 9.17) is 0 Å². The lowest BCUT2D eigenvalue weighted by Gasteiger charge is -2.31. The molecule has 2 heterocycles. The van der Waals surface area contributed by atoms with E-state index in [2.05, 4.69) is 0 Å². The van der Waals surface area contributed by atoms with Crippen molar-refractivity contribution in [3.8, 4) is 0 Å². The number of hydrogen-bond donors (Lipinski definition) is 1. The van der Waals surface area contributed by atoms with E-state index in [0.717, 1.165) is 0 Å². The van der Waals surface area contributed by atoms with Gasteiger partial charge in [-0.25, -0.2) is 0 Å². The zero-order chi connectivity index (χ0) is 12.4. The minimum Gasteiger partial charge on any atom is -0.393 e. The molecule has 0 aromatic carbocycles. The van der Waals surface area contributed by atoms with Crippen LogP contribution in [-0.4, -0.2) is 59.0 Å². The van der Waals surface area contributed by atoms with E-state index in [1.54, 1.807) is 9.80 Å². The second kappa shape index (κ2) is 5.04. The lowest BCUT2D eigenvalue weighted by atomic mass is 10.0. The summed E-state index contributed by atoms with van der Waals surface area (Å²) in [6.07, 6.45) is 1.40. The standard InChI is InChI=1S/C12H20N2O3/c1-2-13-8-9(7-11(13)16)12(17)14-5-3-10(15)4-6-14/h9-10,15H,2-8H2,1H3. The SMILES string of the molecule is CCN1CC(C(=O)N2CCC(O)CC2)CC1=O. The first-order valence-electron chi connectivity index (χ1n) is 6.36. The largest absolute Gasteiger partial charge is 0.393 e. The molecule has 0 spiro atoms. The highest BCUT2D eigenvalue weighted by molar-refractivity contribution is 5.89. The van der Waals surface area contributed by atoms with Crippen LogP contribution in [0.5, 0.6) is 0 Å². The monoisotopic (exact) mass is 240 g/mol. The van der Waals surface area contributed by atoms with Gasteiger partial charge in [-0.3, -0.25) is 9.59 Å². The van der Waals surface area contributed by atoms with E-state index in [1.807, 2.05) is 6.92 Å². The molecule has 1 atom stereocenters. The fraction of sp³-hybridized carbons (Fsp3) is 0.833. The Labute approximate surface area is 101 Å². The predicted molar refractivity (Wildman–Crippen MR) is 62.2 cm³/mol. The number of nitrogens with zero attached hydrogens (tertiary/aromatic N) is 2. The summed E-state index contributed by atoms with van der Waals surface area (Å²) in [7, 11) is 0. The molecule has 0 bridgehead atoms. The van der Waals surface area contributed by atoms with Crippen LogP contribution >= 0.6 is 0 Å². The molecule has 17 heavy (non-hydrogen) atoms. The highest BCUT2D eigenvalue weighted by Crippen LogP contribution is 2.21. The second-order valence-electron chi connectivity index (χ2n) is 4.89. The lowest BCUT2D eigenvalue weighted by molar-refractivity contribution is -0.137. The van der Waals surface area contributed by atoms with Crippen molar-refractivity contribution in [2.45, 2.75) is 32.3 Å². The lowest BCUT2D eigenvalue weighted by Crippen LogP contribution is -2.43. The average Bonchev–Trinajstić information content (AvgIpc) is 2.70. The van der Waals surface area contributed by atoms with Crippen molar-refractivity contribution in [1.29, 1.82) is 0 Å². The fourth-order valence-electron chi connectivity index (χ4n) is 2.59. The molecule has 0 radical (unpaired) electrons. The summed E-state index contributed by atoms with van der Waals surface area (Å²) in [6, 6.07) is 0. The Morgan fingerprint density at radius 2 is 2.06 bits per heavy atom. The summed E-state index contributed by atoms with van der Waals surface area (Å²) in [4.78, 5) is 27.3. The smallest absolute Gasteiger partial charge is 0.227 e. The van der Waals surface area contributed by atoms with Gasteiger partial charge in [0, 0.05) is 32.6 Å². The summed E-state index contributed by atoms with van der Waals surface area (Å²) >= 11 is 0. The number of hydrogen-bond acceptors (Lipinski definition) is 3. The molecule has 2 amide bonds. The third-order valence-electron chi connectivity index (χ3n) is 3.72. The molecule has 2 aliphatic rings. The third kappa shape index (κ3) is 2.60. The number of piperidine rings is 1. The molecule has 5 nitrogen and oxygen atoms in total. The highest BCUT2D eigenvalue weighted by atomic mass is 16.3. The molecule has 5 heteroatoms. The van der Waals surface area contributed by atoms with Crippen LogP contribution < -0.4 is 0 Å². The maximum Gasteiger partial charge on any atom is 0.227 e. The van der Waals surface area contributed by atoms with Gasteiger partial charge in [0.15, 0.2) is 0 Å². The number of aliphatic hydroxyl groups is 1. The van der Waals surface area contributed by atoms with Gasteiger partial charge in [-0.1, -0.05) is 0 Å². The summed E-state index contributed by atoms with van der Waals surface area (Å²) in [5, 5.41) is 9.40. The summed E-state index contributed by atoms with van der Waals surface area (Å²) in [5.74, 6) is 0.00165. The molecule has 2 fully saturated rings. The van der Waals surface area contributed by atoms with Gasteiger partial charge in [-0.05, 0) is 19.8 Å². The summed E-state index contributed by atoms with van der Waals surface area (Å²) in [6.45, 7) is 4.42. The molecule has 1 N–H and O–H groups in total. The van der Waals surface area contributed by atoms with E-state index in [-0.39, 0.29) is 23.8 Å². The first-order chi connectivity index (χ1) is 8.11. The van der Waals surface area contributed by atoms with Crippen LogP contribution in [-0.2, 0) is 9.59 Å². The van der Waals surface area contributed by atoms with Gasteiger partial charge in [0.2, 0.25) is 11.8 Å². The van der Waals surface area contributed by atoms with Gasteiger partial charge in [0.05, 0.1) is 12.0 Å². The van der Waals surface area contributed by atoms with Crippen LogP contribution in [0.25, 0.3) is 0 Å². The topological polar surface area (TPSA) is 60.9 Å². The number of carbonyl (C=O) groups excluding carboxylic acids is 2. The molecular weight excluding hydrogens is 220 g/mol. The maximum absolute atomic E-state index is 12.2. The Bertz CT molecular complexity index is 311. The summed E-state index contributed by atoms with van der Waals surface area (Å²) in [5.41, 5.74) is 0. The van der Waals surface area contributed by atoms with Gasteiger partial charge in [0.25, 0.3) is 0 Å². The summed E-state index contributed by atoms with van der Waals surface area (Å²) < 4.78 is 0. The van der Waals surface area contributed by atoms with Crippen molar-refractivity contribution >= 4 is 11.8 Å². The molecule has 2 rings (SSSR count). The zero-order valence-electron chi connectivity index (χ0n) is 10.3. The maximum atomic E-state index is 12.2. The predicted octanol–water partition coefficient (Wildman–Crippen LogP) is -0.162. The first-order valence-corrected chi connectivity index (χ1v) is 6.36. The van der Waals surface area contributed by atoms with Crippen LogP contribution in [0.1, 0.15) is 26.2 Å². The molecule has 0 aromatic rings. The molecule has 1 unspecified atom stereocenters. The molecular formula is C12H20N2O3.